The van der Waals surface area contributed by atoms with Crippen LogP contribution in [-0.2, 0) is 0 Å². The molecule has 1 aromatic carbocycles. The molecular weight excluding hydrogens is 313 g/mol. The zero-order chi connectivity index (χ0) is 11.9. The van der Waals surface area contributed by atoms with Crippen molar-refractivity contribution in [2.75, 3.05) is 5.73 Å². The van der Waals surface area contributed by atoms with Crippen molar-refractivity contribution in [3.05, 3.63) is 38.5 Å². The Balaban J connectivity index is 2.65. The maximum absolute atomic E-state index is 6.15. The molecular formula is C10H8BrCl2N3. The van der Waals surface area contributed by atoms with Gasteiger partial charge in [0.1, 0.15) is 0 Å². The highest BCUT2D eigenvalue weighted by molar-refractivity contribution is 9.10. The van der Waals surface area contributed by atoms with Crippen LogP contribution in [-0.4, -0.2) is 9.55 Å². The number of aromatic nitrogens is 2. The number of aryl methyl sites for hydroxylation is 1. The number of rotatable bonds is 1. The number of nitrogens with zero attached hydrogens (tertiary/aromatic N) is 2. The van der Waals surface area contributed by atoms with E-state index in [0.29, 0.717) is 21.7 Å². The lowest BCUT2D eigenvalue weighted by atomic mass is 10.3. The summed E-state index contributed by atoms with van der Waals surface area (Å²) >= 11 is 15.5. The molecule has 2 N–H and O–H groups in total. The summed E-state index contributed by atoms with van der Waals surface area (Å²) in [6.07, 6.45) is 1.81. The van der Waals surface area contributed by atoms with E-state index in [4.69, 9.17) is 28.9 Å². The van der Waals surface area contributed by atoms with E-state index in [1.165, 1.54) is 0 Å². The van der Waals surface area contributed by atoms with Gasteiger partial charge in [0.15, 0.2) is 0 Å². The van der Waals surface area contributed by atoms with Crippen LogP contribution in [0, 0.1) is 6.92 Å². The number of hydrogen-bond donors (Lipinski definition) is 1. The van der Waals surface area contributed by atoms with Crippen LogP contribution in [0.2, 0.25) is 10.0 Å². The largest absolute Gasteiger partial charge is 0.369 e. The summed E-state index contributed by atoms with van der Waals surface area (Å²) in [4.78, 5) is 4.11. The molecule has 0 aliphatic heterocycles. The van der Waals surface area contributed by atoms with Gasteiger partial charge < -0.3 is 5.73 Å². The topological polar surface area (TPSA) is 43.8 Å². The van der Waals surface area contributed by atoms with Gasteiger partial charge in [-0.2, -0.15) is 0 Å². The Bertz CT molecular complexity index is 551. The molecule has 0 saturated heterocycles. The number of anilines is 1. The molecule has 1 heterocycles. The van der Waals surface area contributed by atoms with Crippen molar-refractivity contribution in [1.29, 1.82) is 0 Å². The van der Waals surface area contributed by atoms with E-state index in [2.05, 4.69) is 20.9 Å². The van der Waals surface area contributed by atoms with Gasteiger partial charge in [-0.3, -0.25) is 4.57 Å². The quantitative estimate of drug-likeness (QED) is 0.811. The summed E-state index contributed by atoms with van der Waals surface area (Å²) in [6.45, 7) is 1.86. The number of imidazole rings is 1. The number of halogens is 3. The number of nitrogens with two attached hydrogens (primary N) is 1. The predicted octanol–water partition coefficient (Wildman–Crippen LogP) is 3.83. The highest BCUT2D eigenvalue weighted by Gasteiger charge is 2.12. The fourth-order valence-corrected chi connectivity index (χ4v) is 2.27. The van der Waals surface area contributed by atoms with Gasteiger partial charge in [-0.15, -0.1) is 0 Å². The first-order valence-electron chi connectivity index (χ1n) is 4.46. The summed E-state index contributed by atoms with van der Waals surface area (Å²) in [7, 11) is 0. The molecule has 2 aromatic rings. The van der Waals surface area contributed by atoms with Crippen LogP contribution in [0.3, 0.4) is 0 Å². The lowest BCUT2D eigenvalue weighted by Crippen LogP contribution is -2.00. The van der Waals surface area contributed by atoms with E-state index >= 15 is 0 Å². The van der Waals surface area contributed by atoms with Crippen LogP contribution in [0.1, 0.15) is 5.69 Å². The average molecular weight is 321 g/mol. The smallest absolute Gasteiger partial charge is 0.205 e. The molecule has 0 atom stereocenters. The fourth-order valence-electron chi connectivity index (χ4n) is 1.41. The van der Waals surface area contributed by atoms with Gasteiger partial charge in [0.05, 0.1) is 21.4 Å². The molecule has 0 saturated carbocycles. The first kappa shape index (κ1) is 11.8. The third kappa shape index (κ3) is 1.93. The minimum Gasteiger partial charge on any atom is -0.369 e. The highest BCUT2D eigenvalue weighted by Crippen LogP contribution is 2.35. The molecule has 1 aromatic heterocycles. The molecule has 84 valence electrons. The maximum atomic E-state index is 6.15. The molecule has 0 fully saturated rings. The molecule has 3 nitrogen and oxygen atoms in total. The highest BCUT2D eigenvalue weighted by atomic mass is 79.9. The minimum absolute atomic E-state index is 0.387. The summed E-state index contributed by atoms with van der Waals surface area (Å²) in [5.41, 5.74) is 7.31. The predicted molar refractivity (Wildman–Crippen MR) is 70.4 cm³/mol. The van der Waals surface area contributed by atoms with Crippen molar-refractivity contribution in [3.63, 3.8) is 0 Å². The Morgan fingerprint density at radius 1 is 1.31 bits per heavy atom. The van der Waals surface area contributed by atoms with Gasteiger partial charge in [0.2, 0.25) is 5.95 Å². The molecule has 0 aliphatic rings. The van der Waals surface area contributed by atoms with Crippen LogP contribution in [0.5, 0.6) is 0 Å². The zero-order valence-electron chi connectivity index (χ0n) is 8.34. The molecule has 0 spiro atoms. The van der Waals surface area contributed by atoms with Gasteiger partial charge in [-0.25, -0.2) is 4.98 Å². The minimum atomic E-state index is 0.387. The Hall–Kier alpha value is -0.710. The Labute approximate surface area is 111 Å². The third-order valence-corrected chi connectivity index (χ3v) is 3.89. The van der Waals surface area contributed by atoms with E-state index in [1.54, 1.807) is 10.8 Å². The second-order valence-electron chi connectivity index (χ2n) is 3.30. The zero-order valence-corrected chi connectivity index (χ0v) is 11.4. The average Bonchev–Trinajstić information content (AvgIpc) is 2.55. The van der Waals surface area contributed by atoms with E-state index in [0.717, 1.165) is 10.2 Å². The van der Waals surface area contributed by atoms with Crippen LogP contribution in [0.15, 0.2) is 22.8 Å². The molecule has 6 heteroatoms. The first-order chi connectivity index (χ1) is 7.50. The third-order valence-electron chi connectivity index (χ3n) is 2.13. The van der Waals surface area contributed by atoms with Crippen LogP contribution in [0.25, 0.3) is 5.69 Å². The first-order valence-corrected chi connectivity index (χ1v) is 6.01. The van der Waals surface area contributed by atoms with E-state index in [1.807, 2.05) is 19.1 Å². The molecule has 0 amide bonds. The summed E-state index contributed by atoms with van der Waals surface area (Å²) in [6, 6.07) is 3.65. The Morgan fingerprint density at radius 3 is 2.56 bits per heavy atom. The molecule has 0 aliphatic carbocycles. The SMILES string of the molecule is Cc1cn(-c2ccc(Br)c(Cl)c2Cl)c(N)n1. The fraction of sp³-hybridized carbons (Fsp3) is 0.100. The maximum Gasteiger partial charge on any atom is 0.205 e. The monoisotopic (exact) mass is 319 g/mol. The second-order valence-corrected chi connectivity index (χ2v) is 4.92. The lowest BCUT2D eigenvalue weighted by molar-refractivity contribution is 1.07. The standard InChI is InChI=1S/C10H8BrCl2N3/c1-5-4-16(10(14)15-5)7-3-2-6(11)8(12)9(7)13/h2-4H,1H3,(H2,14,15). The van der Waals surface area contributed by atoms with Crippen LogP contribution >= 0.6 is 39.1 Å². The second kappa shape index (κ2) is 4.28. The van der Waals surface area contributed by atoms with Crippen LogP contribution < -0.4 is 5.73 Å². The van der Waals surface area contributed by atoms with Crippen molar-refractivity contribution in [1.82, 2.24) is 9.55 Å². The van der Waals surface area contributed by atoms with Gasteiger partial charge >= 0.3 is 0 Å². The summed E-state index contributed by atoms with van der Waals surface area (Å²) in [5, 5.41) is 0.907. The van der Waals surface area contributed by atoms with Crippen molar-refractivity contribution < 1.29 is 0 Å². The number of nitrogen functional groups attached to an aromatic ring is 1. The molecule has 16 heavy (non-hydrogen) atoms. The number of benzene rings is 1. The van der Waals surface area contributed by atoms with E-state index < -0.39 is 0 Å². The van der Waals surface area contributed by atoms with E-state index in [9.17, 15) is 0 Å². The van der Waals surface area contributed by atoms with Crippen molar-refractivity contribution >= 4 is 45.1 Å². The molecule has 0 radical (unpaired) electrons. The number of hydrogen-bond acceptors (Lipinski definition) is 2. The Morgan fingerprint density at radius 2 is 2.00 bits per heavy atom. The van der Waals surface area contributed by atoms with Crippen molar-refractivity contribution in [3.8, 4) is 5.69 Å². The molecule has 0 unspecified atom stereocenters. The van der Waals surface area contributed by atoms with Gasteiger partial charge in [-0.05, 0) is 35.0 Å². The lowest BCUT2D eigenvalue weighted by Gasteiger charge is -2.09. The summed E-state index contributed by atoms with van der Waals surface area (Å²) in [5.74, 6) is 0.387. The van der Waals surface area contributed by atoms with Crippen molar-refractivity contribution in [2.45, 2.75) is 6.92 Å². The summed E-state index contributed by atoms with van der Waals surface area (Å²) < 4.78 is 2.45. The van der Waals surface area contributed by atoms with Gasteiger partial charge in [0, 0.05) is 10.7 Å². The molecule has 2 rings (SSSR count). The molecule has 0 bridgehead atoms. The Kier molecular flexibility index (Phi) is 3.15. The van der Waals surface area contributed by atoms with Crippen LogP contribution in [0.4, 0.5) is 5.95 Å². The van der Waals surface area contributed by atoms with Crippen molar-refractivity contribution in [2.24, 2.45) is 0 Å². The van der Waals surface area contributed by atoms with Gasteiger partial charge in [0.25, 0.3) is 0 Å². The van der Waals surface area contributed by atoms with E-state index in [-0.39, 0.29) is 0 Å². The van der Waals surface area contributed by atoms with Gasteiger partial charge in [-0.1, -0.05) is 23.2 Å². The normalized spacial score (nSPS) is 10.8.